The zero-order valence-corrected chi connectivity index (χ0v) is 19.0. The number of piperazine rings is 1. The van der Waals surface area contributed by atoms with Gasteiger partial charge in [-0.05, 0) is 30.7 Å². The van der Waals surface area contributed by atoms with Crippen LogP contribution < -0.4 is 15.4 Å². The number of aromatic nitrogens is 1. The highest BCUT2D eigenvalue weighted by molar-refractivity contribution is 7.89. The molecule has 1 aliphatic rings. The Bertz CT molecular complexity index is 1040. The number of hydrogen-bond donors (Lipinski definition) is 1. The lowest BCUT2D eigenvalue weighted by atomic mass is 10.1. The van der Waals surface area contributed by atoms with E-state index in [9.17, 15) is 17.6 Å². The molecule has 1 aromatic heterocycles. The Labute approximate surface area is 187 Å². The van der Waals surface area contributed by atoms with E-state index < -0.39 is 21.9 Å². The Kier molecular flexibility index (Phi) is 7.64. The molecule has 2 amide bonds. The average molecular weight is 466 g/mol. The van der Waals surface area contributed by atoms with E-state index >= 15 is 0 Å². The van der Waals surface area contributed by atoms with Crippen molar-refractivity contribution in [3.05, 3.63) is 53.5 Å². The number of methoxy groups -OCH3 is 1. The van der Waals surface area contributed by atoms with Crippen molar-refractivity contribution in [3.8, 4) is 5.88 Å². The van der Waals surface area contributed by atoms with Gasteiger partial charge in [-0.2, -0.15) is 4.31 Å². The number of carbonyl (C=O) groups excluding carboxylic acids is 1. The Balaban J connectivity index is 1.70. The molecule has 0 unspecified atom stereocenters. The molecule has 11 heteroatoms. The predicted molar refractivity (Wildman–Crippen MR) is 119 cm³/mol. The SMILES string of the molecule is CCS(=O)(=O)N1CCN(Cc2ccc(F)c(CN(C(N)=O)c3ccc(OC)nc3)c2)CC1. The quantitative estimate of drug-likeness (QED) is 0.637. The molecule has 1 aromatic carbocycles. The number of nitrogens with zero attached hydrogens (tertiary/aromatic N) is 4. The second kappa shape index (κ2) is 10.2. The number of amides is 2. The molecule has 2 aromatic rings. The molecule has 0 saturated carbocycles. The second-order valence-electron chi connectivity index (χ2n) is 7.48. The lowest BCUT2D eigenvalue weighted by Gasteiger charge is -2.33. The van der Waals surface area contributed by atoms with Crippen molar-refractivity contribution in [2.24, 2.45) is 5.73 Å². The van der Waals surface area contributed by atoms with Crippen molar-refractivity contribution in [2.75, 3.05) is 43.9 Å². The van der Waals surface area contributed by atoms with Gasteiger partial charge in [0.25, 0.3) is 0 Å². The lowest BCUT2D eigenvalue weighted by Crippen LogP contribution is -2.48. The summed E-state index contributed by atoms with van der Waals surface area (Å²) in [5, 5.41) is 0. The number of carbonyl (C=O) groups is 1. The van der Waals surface area contributed by atoms with Crippen molar-refractivity contribution in [1.29, 1.82) is 0 Å². The summed E-state index contributed by atoms with van der Waals surface area (Å²) < 4.78 is 45.1. The van der Waals surface area contributed by atoms with Crippen LogP contribution in [0.4, 0.5) is 14.9 Å². The van der Waals surface area contributed by atoms with Gasteiger partial charge in [-0.3, -0.25) is 9.80 Å². The summed E-state index contributed by atoms with van der Waals surface area (Å²) in [6.07, 6.45) is 1.44. The molecule has 32 heavy (non-hydrogen) atoms. The number of urea groups is 1. The van der Waals surface area contributed by atoms with Crippen molar-refractivity contribution >= 4 is 21.7 Å². The van der Waals surface area contributed by atoms with Crippen LogP contribution in [0.5, 0.6) is 5.88 Å². The first-order valence-corrected chi connectivity index (χ1v) is 11.9. The summed E-state index contributed by atoms with van der Waals surface area (Å²) in [7, 11) is -1.70. The zero-order chi connectivity index (χ0) is 23.3. The third kappa shape index (κ3) is 5.72. The van der Waals surface area contributed by atoms with Gasteiger partial charge in [0.1, 0.15) is 5.82 Å². The maximum atomic E-state index is 14.5. The maximum Gasteiger partial charge on any atom is 0.319 e. The molecule has 0 atom stereocenters. The van der Waals surface area contributed by atoms with Crippen LogP contribution in [0.3, 0.4) is 0 Å². The highest BCUT2D eigenvalue weighted by Gasteiger charge is 2.25. The van der Waals surface area contributed by atoms with Gasteiger partial charge in [0.2, 0.25) is 15.9 Å². The number of sulfonamides is 1. The fourth-order valence-corrected chi connectivity index (χ4v) is 4.66. The Hall–Kier alpha value is -2.76. The number of ether oxygens (including phenoxy) is 1. The van der Waals surface area contributed by atoms with Crippen LogP contribution in [0.15, 0.2) is 36.5 Å². The number of benzene rings is 1. The van der Waals surface area contributed by atoms with E-state index in [2.05, 4.69) is 9.88 Å². The summed E-state index contributed by atoms with van der Waals surface area (Å²) in [6, 6.07) is 7.26. The second-order valence-corrected chi connectivity index (χ2v) is 9.74. The molecular weight excluding hydrogens is 437 g/mol. The Morgan fingerprint density at radius 3 is 2.50 bits per heavy atom. The minimum absolute atomic E-state index is 0.0501. The van der Waals surface area contributed by atoms with E-state index in [4.69, 9.17) is 10.5 Å². The third-order valence-electron chi connectivity index (χ3n) is 5.44. The van der Waals surface area contributed by atoms with Crippen LogP contribution >= 0.6 is 0 Å². The Morgan fingerprint density at radius 1 is 1.22 bits per heavy atom. The standard InChI is InChI=1S/C21H28FN5O4S/c1-3-32(29,30)26-10-8-25(9-11-26)14-16-4-6-19(22)17(12-16)15-27(21(23)28)18-5-7-20(31-2)24-13-18/h4-7,12-13H,3,8-11,14-15H2,1-2H3,(H2,23,28). The minimum Gasteiger partial charge on any atom is -0.481 e. The molecule has 2 heterocycles. The van der Waals surface area contributed by atoms with Gasteiger partial charge in [-0.1, -0.05) is 6.07 Å². The molecule has 0 bridgehead atoms. The first kappa shape index (κ1) is 23.9. The summed E-state index contributed by atoms with van der Waals surface area (Å²) in [5.41, 5.74) is 7.14. The van der Waals surface area contributed by atoms with Crippen molar-refractivity contribution < 1.29 is 22.3 Å². The molecular formula is C21H28FN5O4S. The first-order valence-electron chi connectivity index (χ1n) is 10.3. The molecule has 0 radical (unpaired) electrons. The molecule has 0 spiro atoms. The number of pyridine rings is 1. The number of anilines is 1. The zero-order valence-electron chi connectivity index (χ0n) is 18.2. The highest BCUT2D eigenvalue weighted by atomic mass is 32.2. The number of rotatable bonds is 8. The van der Waals surface area contributed by atoms with Gasteiger partial charge in [-0.15, -0.1) is 0 Å². The molecule has 174 valence electrons. The highest BCUT2D eigenvalue weighted by Crippen LogP contribution is 2.21. The van der Waals surface area contributed by atoms with Gasteiger partial charge >= 0.3 is 6.03 Å². The van der Waals surface area contributed by atoms with E-state index in [1.54, 1.807) is 31.2 Å². The van der Waals surface area contributed by atoms with Crippen molar-refractivity contribution in [3.63, 3.8) is 0 Å². The molecule has 1 saturated heterocycles. The molecule has 3 rings (SSSR count). The third-order valence-corrected chi connectivity index (χ3v) is 7.32. The van der Waals surface area contributed by atoms with E-state index in [1.165, 1.54) is 28.6 Å². The smallest absolute Gasteiger partial charge is 0.319 e. The number of primary amides is 1. The van der Waals surface area contributed by atoms with Crippen LogP contribution in [0.2, 0.25) is 0 Å². The molecule has 0 aliphatic carbocycles. The van der Waals surface area contributed by atoms with E-state index in [0.717, 1.165) is 5.56 Å². The molecule has 1 aliphatic heterocycles. The van der Waals surface area contributed by atoms with E-state index in [0.29, 0.717) is 49.9 Å². The van der Waals surface area contributed by atoms with Crippen LogP contribution in [-0.2, 0) is 23.1 Å². The summed E-state index contributed by atoms with van der Waals surface area (Å²) in [6.45, 7) is 4.20. The number of halogens is 1. The van der Waals surface area contributed by atoms with Crippen molar-refractivity contribution in [1.82, 2.24) is 14.2 Å². The lowest BCUT2D eigenvalue weighted by molar-refractivity contribution is 0.181. The molecule has 2 N–H and O–H groups in total. The molecule has 1 fully saturated rings. The van der Waals surface area contributed by atoms with E-state index in [-0.39, 0.29) is 12.3 Å². The minimum atomic E-state index is -3.19. The summed E-state index contributed by atoms with van der Waals surface area (Å²) in [4.78, 5) is 19.4. The maximum absolute atomic E-state index is 14.5. The number of nitrogens with two attached hydrogens (primary N) is 1. The van der Waals surface area contributed by atoms with Crippen LogP contribution in [0.25, 0.3) is 0 Å². The largest absolute Gasteiger partial charge is 0.481 e. The van der Waals surface area contributed by atoms with Crippen LogP contribution in [0.1, 0.15) is 18.1 Å². The van der Waals surface area contributed by atoms with E-state index in [1.807, 2.05) is 0 Å². The fraction of sp³-hybridized carbons (Fsp3) is 0.429. The van der Waals surface area contributed by atoms with Gasteiger partial charge in [0.15, 0.2) is 0 Å². The normalized spacial score (nSPS) is 15.5. The molecule has 9 nitrogen and oxygen atoms in total. The predicted octanol–water partition coefficient (Wildman–Crippen LogP) is 1.78. The van der Waals surface area contributed by atoms with Gasteiger partial charge in [0, 0.05) is 44.4 Å². The van der Waals surface area contributed by atoms with Crippen molar-refractivity contribution in [2.45, 2.75) is 20.0 Å². The van der Waals surface area contributed by atoms with Gasteiger partial charge in [0.05, 0.1) is 31.3 Å². The van der Waals surface area contributed by atoms with Gasteiger partial charge < -0.3 is 10.5 Å². The first-order chi connectivity index (χ1) is 15.2. The summed E-state index contributed by atoms with van der Waals surface area (Å²) >= 11 is 0. The fourth-order valence-electron chi connectivity index (χ4n) is 3.57. The van der Waals surface area contributed by atoms with Gasteiger partial charge in [-0.25, -0.2) is 22.6 Å². The Morgan fingerprint density at radius 2 is 1.94 bits per heavy atom. The summed E-state index contributed by atoms with van der Waals surface area (Å²) in [5.74, 6) is 0.0347. The number of hydrogen-bond acceptors (Lipinski definition) is 6. The van der Waals surface area contributed by atoms with Crippen LogP contribution in [0, 0.1) is 5.82 Å². The topological polar surface area (TPSA) is 109 Å². The van der Waals surface area contributed by atoms with Crippen LogP contribution in [-0.4, -0.2) is 67.7 Å². The average Bonchev–Trinajstić information content (AvgIpc) is 2.79. The monoisotopic (exact) mass is 465 g/mol.